The maximum atomic E-state index is 5.63. The summed E-state index contributed by atoms with van der Waals surface area (Å²) in [6.07, 6.45) is 4.34. The van der Waals surface area contributed by atoms with Crippen molar-refractivity contribution in [1.29, 1.82) is 0 Å². The third-order valence-corrected chi connectivity index (χ3v) is 3.47. The van der Waals surface area contributed by atoms with Crippen LogP contribution in [-0.4, -0.2) is 22.6 Å². The van der Waals surface area contributed by atoms with Gasteiger partial charge in [-0.1, -0.05) is 19.9 Å². The van der Waals surface area contributed by atoms with Crippen molar-refractivity contribution in [2.45, 2.75) is 32.9 Å². The van der Waals surface area contributed by atoms with Gasteiger partial charge in [0.1, 0.15) is 0 Å². The van der Waals surface area contributed by atoms with Crippen molar-refractivity contribution < 1.29 is 4.74 Å². The molecule has 2 heterocycles. The average molecular weight is 277 g/mol. The van der Waals surface area contributed by atoms with Gasteiger partial charge < -0.3 is 10.1 Å². The van der Waals surface area contributed by atoms with Crippen LogP contribution in [-0.2, 0) is 13.0 Å². The van der Waals surface area contributed by atoms with Crippen LogP contribution < -0.4 is 10.1 Å². The number of thiophene rings is 1. The smallest absolute Gasteiger partial charge is 0.232 e. The van der Waals surface area contributed by atoms with E-state index < -0.39 is 0 Å². The predicted molar refractivity (Wildman–Crippen MR) is 77.5 cm³/mol. The van der Waals surface area contributed by atoms with E-state index in [1.165, 1.54) is 4.88 Å². The Morgan fingerprint density at radius 3 is 3.00 bits per heavy atom. The Morgan fingerprint density at radius 2 is 2.26 bits per heavy atom. The average Bonchev–Trinajstić information content (AvgIpc) is 2.90. The highest BCUT2D eigenvalue weighted by molar-refractivity contribution is 7.09. The Kier molecular flexibility index (Phi) is 5.30. The molecule has 4 nitrogen and oxygen atoms in total. The summed E-state index contributed by atoms with van der Waals surface area (Å²) in [5.41, 5.74) is 0.905. The largest absolute Gasteiger partial charge is 0.476 e. The van der Waals surface area contributed by atoms with Gasteiger partial charge in [-0.15, -0.1) is 11.3 Å². The second kappa shape index (κ2) is 7.21. The first-order chi connectivity index (χ1) is 9.24. The molecular weight excluding hydrogens is 258 g/mol. The van der Waals surface area contributed by atoms with Crippen LogP contribution in [0.25, 0.3) is 0 Å². The lowest BCUT2D eigenvalue weighted by molar-refractivity contribution is 0.307. The van der Waals surface area contributed by atoms with Crippen LogP contribution in [0.2, 0.25) is 0 Å². The lowest BCUT2D eigenvalue weighted by atomic mass is 10.3. The first kappa shape index (κ1) is 14.0. The van der Waals surface area contributed by atoms with Gasteiger partial charge in [-0.3, -0.25) is 4.98 Å². The Hall–Kier alpha value is -1.46. The number of hydrogen-bond donors (Lipinski definition) is 1. The molecule has 0 aliphatic carbocycles. The van der Waals surface area contributed by atoms with Gasteiger partial charge in [-0.25, -0.2) is 4.98 Å². The van der Waals surface area contributed by atoms with E-state index in [2.05, 4.69) is 46.6 Å². The summed E-state index contributed by atoms with van der Waals surface area (Å²) in [6, 6.07) is 4.60. The molecular formula is C14H19N3OS. The van der Waals surface area contributed by atoms with Gasteiger partial charge in [0.25, 0.3) is 0 Å². The van der Waals surface area contributed by atoms with Crippen LogP contribution in [0.4, 0.5) is 0 Å². The van der Waals surface area contributed by atoms with Crippen LogP contribution in [0.3, 0.4) is 0 Å². The maximum Gasteiger partial charge on any atom is 0.232 e. The highest BCUT2D eigenvalue weighted by Crippen LogP contribution is 2.10. The molecule has 0 radical (unpaired) electrons. The normalized spacial score (nSPS) is 10.9. The van der Waals surface area contributed by atoms with Gasteiger partial charge in [0.05, 0.1) is 18.5 Å². The maximum absolute atomic E-state index is 5.63. The molecule has 19 heavy (non-hydrogen) atoms. The van der Waals surface area contributed by atoms with Gasteiger partial charge in [-0.2, -0.15) is 0 Å². The van der Waals surface area contributed by atoms with E-state index in [1.54, 1.807) is 23.7 Å². The summed E-state index contributed by atoms with van der Waals surface area (Å²) in [5, 5.41) is 5.39. The fourth-order valence-electron chi connectivity index (χ4n) is 1.56. The van der Waals surface area contributed by atoms with Gasteiger partial charge in [-0.05, 0) is 11.4 Å². The molecule has 102 valence electrons. The van der Waals surface area contributed by atoms with Crippen LogP contribution in [0, 0.1) is 0 Å². The Bertz CT molecular complexity index is 485. The number of hydrogen-bond acceptors (Lipinski definition) is 5. The fourth-order valence-corrected chi connectivity index (χ4v) is 2.25. The molecule has 1 N–H and O–H groups in total. The minimum atomic E-state index is 0.435. The van der Waals surface area contributed by atoms with Crippen molar-refractivity contribution in [3.05, 3.63) is 40.5 Å². The summed E-state index contributed by atoms with van der Waals surface area (Å²) >= 11 is 1.75. The van der Waals surface area contributed by atoms with E-state index in [9.17, 15) is 0 Å². The Morgan fingerprint density at radius 1 is 1.37 bits per heavy atom. The van der Waals surface area contributed by atoms with Gasteiger partial charge in [0.15, 0.2) is 0 Å². The SMILES string of the molecule is CC(C)NCc1cncc(OCCc2cccs2)n1. The monoisotopic (exact) mass is 277 g/mol. The second-order valence-electron chi connectivity index (χ2n) is 4.56. The van der Waals surface area contributed by atoms with Crippen molar-refractivity contribution in [2.75, 3.05) is 6.61 Å². The van der Waals surface area contributed by atoms with E-state index >= 15 is 0 Å². The lowest BCUT2D eigenvalue weighted by Crippen LogP contribution is -2.22. The molecule has 0 spiro atoms. The molecule has 0 bridgehead atoms. The molecule has 0 aromatic carbocycles. The van der Waals surface area contributed by atoms with Gasteiger partial charge in [0, 0.05) is 30.1 Å². The summed E-state index contributed by atoms with van der Waals surface area (Å²) in [4.78, 5) is 9.90. The fraction of sp³-hybridized carbons (Fsp3) is 0.429. The zero-order chi connectivity index (χ0) is 13.5. The third-order valence-electron chi connectivity index (χ3n) is 2.53. The Labute approximate surface area is 117 Å². The molecule has 2 rings (SSSR count). The van der Waals surface area contributed by atoms with Crippen LogP contribution >= 0.6 is 11.3 Å². The zero-order valence-electron chi connectivity index (χ0n) is 11.3. The minimum absolute atomic E-state index is 0.435. The van der Waals surface area contributed by atoms with E-state index in [0.717, 1.165) is 12.1 Å². The van der Waals surface area contributed by atoms with Crippen molar-refractivity contribution in [1.82, 2.24) is 15.3 Å². The first-order valence-corrected chi connectivity index (χ1v) is 7.31. The number of aromatic nitrogens is 2. The molecule has 0 saturated carbocycles. The molecule has 5 heteroatoms. The third kappa shape index (κ3) is 4.96. The van der Waals surface area contributed by atoms with E-state index in [0.29, 0.717) is 25.1 Å². The number of nitrogens with zero attached hydrogens (tertiary/aromatic N) is 2. The molecule has 0 atom stereocenters. The molecule has 0 saturated heterocycles. The standard InChI is InChI=1S/C14H19N3OS/c1-11(2)16-9-12-8-15-10-14(17-12)18-6-5-13-4-3-7-19-13/h3-4,7-8,10-11,16H,5-6,9H2,1-2H3. The van der Waals surface area contributed by atoms with Crippen molar-refractivity contribution in [2.24, 2.45) is 0 Å². The molecule has 2 aromatic heterocycles. The lowest BCUT2D eigenvalue weighted by Gasteiger charge is -2.08. The highest BCUT2D eigenvalue weighted by atomic mass is 32.1. The Balaban J connectivity index is 1.81. The van der Waals surface area contributed by atoms with Crippen molar-refractivity contribution in [3.63, 3.8) is 0 Å². The summed E-state index contributed by atoms with van der Waals surface area (Å²) in [6.45, 7) is 5.56. The first-order valence-electron chi connectivity index (χ1n) is 6.43. The quantitative estimate of drug-likeness (QED) is 0.845. The van der Waals surface area contributed by atoms with Crippen LogP contribution in [0.1, 0.15) is 24.4 Å². The molecule has 2 aromatic rings. The molecule has 0 fully saturated rings. The molecule has 0 aliphatic rings. The van der Waals surface area contributed by atoms with Crippen LogP contribution in [0.15, 0.2) is 29.9 Å². The molecule has 0 amide bonds. The number of nitrogens with one attached hydrogen (secondary N) is 1. The highest BCUT2D eigenvalue weighted by Gasteiger charge is 2.02. The summed E-state index contributed by atoms with van der Waals surface area (Å²) in [7, 11) is 0. The van der Waals surface area contributed by atoms with Crippen molar-refractivity contribution >= 4 is 11.3 Å². The molecule has 0 aliphatic heterocycles. The van der Waals surface area contributed by atoms with E-state index in [4.69, 9.17) is 4.74 Å². The topological polar surface area (TPSA) is 47.0 Å². The molecule has 0 unspecified atom stereocenters. The number of rotatable bonds is 7. The van der Waals surface area contributed by atoms with E-state index in [1.807, 2.05) is 0 Å². The van der Waals surface area contributed by atoms with Gasteiger partial charge >= 0.3 is 0 Å². The minimum Gasteiger partial charge on any atom is -0.476 e. The predicted octanol–water partition coefficient (Wildman–Crippen LogP) is 2.66. The van der Waals surface area contributed by atoms with Gasteiger partial charge in [0.2, 0.25) is 5.88 Å². The summed E-state index contributed by atoms with van der Waals surface area (Å²) < 4.78 is 5.63. The van der Waals surface area contributed by atoms with Crippen molar-refractivity contribution in [3.8, 4) is 5.88 Å². The zero-order valence-corrected chi connectivity index (χ0v) is 12.1. The van der Waals surface area contributed by atoms with E-state index in [-0.39, 0.29) is 0 Å². The van der Waals surface area contributed by atoms with Crippen LogP contribution in [0.5, 0.6) is 5.88 Å². The number of ether oxygens (including phenoxy) is 1. The summed E-state index contributed by atoms with van der Waals surface area (Å²) in [5.74, 6) is 0.597. The second-order valence-corrected chi connectivity index (χ2v) is 5.59.